The molecule has 1 heterocycles. The quantitative estimate of drug-likeness (QED) is 0.560. The topological polar surface area (TPSA) is 21.3 Å². The highest BCUT2D eigenvalue weighted by atomic mass is 35.5. The van der Waals surface area contributed by atoms with Crippen LogP contribution in [-0.2, 0) is 4.74 Å². The fourth-order valence-electron chi connectivity index (χ4n) is 3.20. The molecule has 0 aromatic carbocycles. The fourth-order valence-corrected chi connectivity index (χ4v) is 3.61. The Kier molecular flexibility index (Phi) is 6.10. The van der Waals surface area contributed by atoms with Crippen LogP contribution in [0.3, 0.4) is 0 Å². The summed E-state index contributed by atoms with van der Waals surface area (Å²) in [6.07, 6.45) is 9.66. The van der Waals surface area contributed by atoms with Crippen molar-refractivity contribution in [3.8, 4) is 0 Å². The highest BCUT2D eigenvalue weighted by Gasteiger charge is 2.25. The van der Waals surface area contributed by atoms with Crippen molar-refractivity contribution in [3.05, 3.63) is 0 Å². The van der Waals surface area contributed by atoms with Crippen LogP contribution < -0.4 is 5.32 Å². The molecule has 3 atom stereocenters. The van der Waals surface area contributed by atoms with E-state index in [-0.39, 0.29) is 0 Å². The van der Waals surface area contributed by atoms with Crippen molar-refractivity contribution >= 4 is 11.6 Å². The number of alkyl halides is 1. The average molecular weight is 260 g/mol. The number of hydrogen-bond acceptors (Lipinski definition) is 2. The Hall–Kier alpha value is 0.210. The summed E-state index contributed by atoms with van der Waals surface area (Å²) in [7, 11) is 0. The first kappa shape index (κ1) is 13.6. The SMILES string of the molecule is ClCC1CCCC1CNCCCC1CCCO1. The Balaban J connectivity index is 1.48. The summed E-state index contributed by atoms with van der Waals surface area (Å²) in [5.41, 5.74) is 0. The lowest BCUT2D eigenvalue weighted by Gasteiger charge is -2.18. The van der Waals surface area contributed by atoms with E-state index in [0.717, 1.165) is 30.9 Å². The largest absolute Gasteiger partial charge is 0.378 e. The lowest BCUT2D eigenvalue weighted by Crippen LogP contribution is -2.27. The van der Waals surface area contributed by atoms with Crippen LogP contribution in [0.15, 0.2) is 0 Å². The van der Waals surface area contributed by atoms with Crippen molar-refractivity contribution in [1.29, 1.82) is 0 Å². The molecule has 3 unspecified atom stereocenters. The number of halogens is 1. The van der Waals surface area contributed by atoms with Crippen molar-refractivity contribution in [2.24, 2.45) is 11.8 Å². The first-order valence-electron chi connectivity index (χ1n) is 7.28. The van der Waals surface area contributed by atoms with Gasteiger partial charge in [0.05, 0.1) is 6.10 Å². The van der Waals surface area contributed by atoms with E-state index in [4.69, 9.17) is 16.3 Å². The molecule has 3 heteroatoms. The van der Waals surface area contributed by atoms with Gasteiger partial charge in [-0.2, -0.15) is 0 Å². The van der Waals surface area contributed by atoms with Gasteiger partial charge in [-0.15, -0.1) is 11.6 Å². The minimum absolute atomic E-state index is 0.555. The van der Waals surface area contributed by atoms with Gasteiger partial charge < -0.3 is 10.1 Å². The van der Waals surface area contributed by atoms with Crippen LogP contribution in [0.25, 0.3) is 0 Å². The molecule has 2 aliphatic rings. The number of rotatable bonds is 7. The molecular weight excluding hydrogens is 234 g/mol. The van der Waals surface area contributed by atoms with Crippen molar-refractivity contribution < 1.29 is 4.74 Å². The standard InChI is InChI=1S/C14H26ClNO/c15-10-12-4-1-5-13(12)11-16-8-2-6-14-7-3-9-17-14/h12-14,16H,1-11H2. The summed E-state index contributed by atoms with van der Waals surface area (Å²) in [6, 6.07) is 0. The Morgan fingerprint density at radius 2 is 2.00 bits per heavy atom. The predicted octanol–water partition coefficient (Wildman–Crippen LogP) is 3.19. The molecule has 1 saturated carbocycles. The molecule has 0 aromatic rings. The molecule has 0 aromatic heterocycles. The molecule has 17 heavy (non-hydrogen) atoms. The zero-order valence-corrected chi connectivity index (χ0v) is 11.6. The van der Waals surface area contributed by atoms with E-state index < -0.39 is 0 Å². The molecule has 100 valence electrons. The summed E-state index contributed by atoms with van der Waals surface area (Å²) in [5, 5.41) is 3.60. The van der Waals surface area contributed by atoms with E-state index in [1.807, 2.05) is 0 Å². The number of nitrogens with one attached hydrogen (secondary N) is 1. The molecule has 1 saturated heterocycles. The molecular formula is C14H26ClNO. The molecule has 0 radical (unpaired) electrons. The molecule has 2 nitrogen and oxygen atoms in total. The highest BCUT2D eigenvalue weighted by molar-refractivity contribution is 6.18. The summed E-state index contributed by atoms with van der Waals surface area (Å²) in [6.45, 7) is 3.30. The van der Waals surface area contributed by atoms with E-state index >= 15 is 0 Å². The Labute approximate surface area is 110 Å². The second-order valence-electron chi connectivity index (χ2n) is 5.59. The summed E-state index contributed by atoms with van der Waals surface area (Å²) in [5.74, 6) is 2.44. The van der Waals surface area contributed by atoms with Crippen LogP contribution in [0, 0.1) is 11.8 Å². The maximum Gasteiger partial charge on any atom is 0.0576 e. The number of ether oxygens (including phenoxy) is 1. The lowest BCUT2D eigenvalue weighted by molar-refractivity contribution is 0.102. The van der Waals surface area contributed by atoms with E-state index in [1.165, 1.54) is 51.5 Å². The van der Waals surface area contributed by atoms with Crippen molar-refractivity contribution in [2.45, 2.75) is 51.0 Å². The molecule has 0 spiro atoms. The first-order chi connectivity index (χ1) is 8.40. The molecule has 1 N–H and O–H groups in total. The molecule has 0 amide bonds. The van der Waals surface area contributed by atoms with Crippen LogP contribution >= 0.6 is 11.6 Å². The zero-order chi connectivity index (χ0) is 11.9. The summed E-state index contributed by atoms with van der Waals surface area (Å²) < 4.78 is 5.62. The van der Waals surface area contributed by atoms with Crippen LogP contribution in [0.2, 0.25) is 0 Å². The third-order valence-electron chi connectivity index (χ3n) is 4.32. The van der Waals surface area contributed by atoms with Gasteiger partial charge in [0, 0.05) is 12.5 Å². The normalized spacial score (nSPS) is 33.4. The smallest absolute Gasteiger partial charge is 0.0576 e. The van der Waals surface area contributed by atoms with Gasteiger partial charge in [0.1, 0.15) is 0 Å². The maximum atomic E-state index is 5.98. The van der Waals surface area contributed by atoms with Gasteiger partial charge in [-0.3, -0.25) is 0 Å². The monoisotopic (exact) mass is 259 g/mol. The fraction of sp³-hybridized carbons (Fsp3) is 1.00. The maximum absolute atomic E-state index is 5.98. The lowest BCUT2D eigenvalue weighted by atomic mass is 9.98. The van der Waals surface area contributed by atoms with Gasteiger partial charge in [0.15, 0.2) is 0 Å². The Morgan fingerprint density at radius 3 is 2.76 bits per heavy atom. The minimum atomic E-state index is 0.555. The van der Waals surface area contributed by atoms with Gasteiger partial charge >= 0.3 is 0 Å². The van der Waals surface area contributed by atoms with Gasteiger partial charge in [-0.05, 0) is 63.5 Å². The van der Waals surface area contributed by atoms with Crippen LogP contribution in [-0.4, -0.2) is 31.7 Å². The van der Waals surface area contributed by atoms with Crippen molar-refractivity contribution in [3.63, 3.8) is 0 Å². The zero-order valence-electron chi connectivity index (χ0n) is 10.8. The Bertz CT molecular complexity index is 206. The molecule has 2 fully saturated rings. The highest BCUT2D eigenvalue weighted by Crippen LogP contribution is 2.31. The predicted molar refractivity (Wildman–Crippen MR) is 72.6 cm³/mol. The molecule has 0 bridgehead atoms. The van der Waals surface area contributed by atoms with Gasteiger partial charge in [0.2, 0.25) is 0 Å². The molecule has 2 rings (SSSR count). The van der Waals surface area contributed by atoms with Crippen LogP contribution in [0.5, 0.6) is 0 Å². The molecule has 1 aliphatic carbocycles. The van der Waals surface area contributed by atoms with Crippen molar-refractivity contribution in [2.75, 3.05) is 25.6 Å². The van der Waals surface area contributed by atoms with Gasteiger partial charge in [-0.25, -0.2) is 0 Å². The summed E-state index contributed by atoms with van der Waals surface area (Å²) in [4.78, 5) is 0. The average Bonchev–Trinajstić information content (AvgIpc) is 2.98. The first-order valence-corrected chi connectivity index (χ1v) is 7.82. The molecule has 1 aliphatic heterocycles. The Morgan fingerprint density at radius 1 is 1.12 bits per heavy atom. The van der Waals surface area contributed by atoms with E-state index in [2.05, 4.69) is 5.32 Å². The summed E-state index contributed by atoms with van der Waals surface area (Å²) >= 11 is 5.98. The third kappa shape index (κ3) is 4.42. The number of hydrogen-bond donors (Lipinski definition) is 1. The van der Waals surface area contributed by atoms with Gasteiger partial charge in [0.25, 0.3) is 0 Å². The van der Waals surface area contributed by atoms with E-state index in [0.29, 0.717) is 6.10 Å². The van der Waals surface area contributed by atoms with Crippen LogP contribution in [0.4, 0.5) is 0 Å². The van der Waals surface area contributed by atoms with Crippen LogP contribution in [0.1, 0.15) is 44.9 Å². The minimum Gasteiger partial charge on any atom is -0.378 e. The van der Waals surface area contributed by atoms with E-state index in [1.54, 1.807) is 0 Å². The third-order valence-corrected chi connectivity index (χ3v) is 4.72. The van der Waals surface area contributed by atoms with Crippen molar-refractivity contribution in [1.82, 2.24) is 5.32 Å². The van der Waals surface area contributed by atoms with Gasteiger partial charge in [-0.1, -0.05) is 6.42 Å². The second-order valence-corrected chi connectivity index (χ2v) is 5.90. The van der Waals surface area contributed by atoms with E-state index in [9.17, 15) is 0 Å². The second kappa shape index (κ2) is 7.60.